The van der Waals surface area contributed by atoms with Gasteiger partial charge in [0, 0.05) is 22.9 Å². The second kappa shape index (κ2) is 6.22. The summed E-state index contributed by atoms with van der Waals surface area (Å²) >= 11 is 3.53. The largest absolute Gasteiger partial charge is 0.344 e. The minimum atomic E-state index is 0.658. The maximum Gasteiger partial charge on any atom is 0.0441 e. The normalized spacial score (nSPS) is 10.5. The molecule has 0 spiro atoms. The first-order valence-electron chi connectivity index (χ1n) is 6.41. The standard InChI is InChI=1S/C16H19BrN2/c1-12-5-3-4-6-15(12)19(2)16-8-7-14(17)11-13(16)9-10-18/h3-8,11H,9-10,18H2,1-2H3. The number of nitrogens with zero attached hydrogens (tertiary/aromatic N) is 1. The van der Waals surface area contributed by atoms with Gasteiger partial charge in [-0.25, -0.2) is 0 Å². The fourth-order valence-corrected chi connectivity index (χ4v) is 2.72. The van der Waals surface area contributed by atoms with E-state index in [9.17, 15) is 0 Å². The summed E-state index contributed by atoms with van der Waals surface area (Å²) in [5, 5.41) is 0. The molecule has 0 saturated heterocycles. The highest BCUT2D eigenvalue weighted by atomic mass is 79.9. The van der Waals surface area contributed by atoms with Crippen molar-refractivity contribution in [2.24, 2.45) is 5.73 Å². The Morgan fingerprint density at radius 3 is 2.53 bits per heavy atom. The molecule has 2 aromatic rings. The van der Waals surface area contributed by atoms with Gasteiger partial charge in [-0.15, -0.1) is 0 Å². The van der Waals surface area contributed by atoms with E-state index in [-0.39, 0.29) is 0 Å². The fraction of sp³-hybridized carbons (Fsp3) is 0.250. The summed E-state index contributed by atoms with van der Waals surface area (Å²) in [6, 6.07) is 14.8. The van der Waals surface area contributed by atoms with Crippen molar-refractivity contribution in [3.05, 3.63) is 58.1 Å². The predicted octanol–water partition coefficient (Wildman–Crippen LogP) is 4.03. The Kier molecular flexibility index (Phi) is 4.61. The summed E-state index contributed by atoms with van der Waals surface area (Å²) in [5.74, 6) is 0. The molecule has 0 radical (unpaired) electrons. The third kappa shape index (κ3) is 3.17. The fourth-order valence-electron chi connectivity index (χ4n) is 2.31. The minimum absolute atomic E-state index is 0.658. The Morgan fingerprint density at radius 1 is 1.11 bits per heavy atom. The van der Waals surface area contributed by atoms with Crippen molar-refractivity contribution in [3.8, 4) is 0 Å². The summed E-state index contributed by atoms with van der Waals surface area (Å²) in [6.45, 7) is 2.79. The molecule has 2 aromatic carbocycles. The van der Waals surface area contributed by atoms with E-state index in [1.807, 2.05) is 0 Å². The van der Waals surface area contributed by atoms with Crippen molar-refractivity contribution >= 4 is 27.3 Å². The van der Waals surface area contributed by atoms with Crippen LogP contribution in [0.15, 0.2) is 46.9 Å². The van der Waals surface area contributed by atoms with Crippen LogP contribution in [0.3, 0.4) is 0 Å². The zero-order valence-corrected chi connectivity index (χ0v) is 12.9. The van der Waals surface area contributed by atoms with Crippen LogP contribution >= 0.6 is 15.9 Å². The highest BCUT2D eigenvalue weighted by Crippen LogP contribution is 2.31. The lowest BCUT2D eigenvalue weighted by Crippen LogP contribution is -2.14. The Morgan fingerprint density at radius 2 is 1.84 bits per heavy atom. The molecular weight excluding hydrogens is 300 g/mol. The first-order chi connectivity index (χ1) is 9.13. The average molecular weight is 319 g/mol. The molecule has 0 aliphatic heterocycles. The van der Waals surface area contributed by atoms with Gasteiger partial charge in [0.1, 0.15) is 0 Å². The van der Waals surface area contributed by atoms with E-state index in [0.717, 1.165) is 10.9 Å². The van der Waals surface area contributed by atoms with E-state index in [0.29, 0.717) is 6.54 Å². The molecular formula is C16H19BrN2. The summed E-state index contributed by atoms with van der Waals surface area (Å²) in [7, 11) is 2.10. The molecule has 3 heteroatoms. The van der Waals surface area contributed by atoms with Crippen LogP contribution in [0.4, 0.5) is 11.4 Å². The maximum atomic E-state index is 5.71. The molecule has 0 unspecified atom stereocenters. The molecule has 0 heterocycles. The van der Waals surface area contributed by atoms with Crippen molar-refractivity contribution in [3.63, 3.8) is 0 Å². The highest BCUT2D eigenvalue weighted by molar-refractivity contribution is 9.10. The lowest BCUT2D eigenvalue weighted by Gasteiger charge is -2.24. The first kappa shape index (κ1) is 14.1. The molecule has 19 heavy (non-hydrogen) atoms. The second-order valence-corrected chi connectivity index (χ2v) is 5.57. The molecule has 2 N–H and O–H groups in total. The van der Waals surface area contributed by atoms with E-state index in [2.05, 4.69) is 77.3 Å². The zero-order valence-electron chi connectivity index (χ0n) is 11.4. The molecule has 100 valence electrons. The molecule has 0 aliphatic carbocycles. The second-order valence-electron chi connectivity index (χ2n) is 4.66. The Balaban J connectivity index is 2.43. The van der Waals surface area contributed by atoms with Crippen molar-refractivity contribution in [2.45, 2.75) is 13.3 Å². The van der Waals surface area contributed by atoms with Gasteiger partial charge in [-0.1, -0.05) is 34.1 Å². The predicted molar refractivity (Wildman–Crippen MR) is 86.1 cm³/mol. The minimum Gasteiger partial charge on any atom is -0.344 e. The number of hydrogen-bond acceptors (Lipinski definition) is 2. The summed E-state index contributed by atoms with van der Waals surface area (Å²) in [6.07, 6.45) is 0.880. The summed E-state index contributed by atoms with van der Waals surface area (Å²) in [5.41, 5.74) is 10.7. The molecule has 0 bridgehead atoms. The summed E-state index contributed by atoms with van der Waals surface area (Å²) in [4.78, 5) is 2.23. The Hall–Kier alpha value is -1.32. The van der Waals surface area contributed by atoms with E-state index in [1.165, 1.54) is 22.5 Å². The first-order valence-corrected chi connectivity index (χ1v) is 7.20. The van der Waals surface area contributed by atoms with Gasteiger partial charge in [-0.2, -0.15) is 0 Å². The number of anilines is 2. The van der Waals surface area contributed by atoms with Gasteiger partial charge in [0.2, 0.25) is 0 Å². The van der Waals surface area contributed by atoms with Crippen LogP contribution in [0.5, 0.6) is 0 Å². The van der Waals surface area contributed by atoms with Crippen LogP contribution in [-0.2, 0) is 6.42 Å². The van der Waals surface area contributed by atoms with Crippen molar-refractivity contribution in [1.82, 2.24) is 0 Å². The van der Waals surface area contributed by atoms with Gasteiger partial charge in [0.15, 0.2) is 0 Å². The Bertz CT molecular complexity index is 566. The van der Waals surface area contributed by atoms with E-state index in [1.54, 1.807) is 0 Å². The van der Waals surface area contributed by atoms with E-state index < -0.39 is 0 Å². The number of para-hydroxylation sites is 1. The van der Waals surface area contributed by atoms with Gasteiger partial charge in [-0.3, -0.25) is 0 Å². The van der Waals surface area contributed by atoms with E-state index in [4.69, 9.17) is 5.73 Å². The zero-order chi connectivity index (χ0) is 13.8. The molecule has 0 aliphatic rings. The molecule has 0 aromatic heterocycles. The number of aryl methyl sites for hydroxylation is 1. The molecule has 0 saturated carbocycles. The third-order valence-corrected chi connectivity index (χ3v) is 3.79. The highest BCUT2D eigenvalue weighted by Gasteiger charge is 2.11. The quantitative estimate of drug-likeness (QED) is 0.922. The van der Waals surface area contributed by atoms with Crippen LogP contribution < -0.4 is 10.6 Å². The van der Waals surface area contributed by atoms with Crippen molar-refractivity contribution in [1.29, 1.82) is 0 Å². The van der Waals surface area contributed by atoms with Gasteiger partial charge in [-0.05, 0) is 55.3 Å². The SMILES string of the molecule is Cc1ccccc1N(C)c1ccc(Br)cc1CCN. The van der Waals surface area contributed by atoms with Crippen LogP contribution in [0.25, 0.3) is 0 Å². The van der Waals surface area contributed by atoms with Crippen LogP contribution in [-0.4, -0.2) is 13.6 Å². The lowest BCUT2D eigenvalue weighted by molar-refractivity contribution is 0.959. The van der Waals surface area contributed by atoms with Gasteiger partial charge >= 0.3 is 0 Å². The van der Waals surface area contributed by atoms with Gasteiger partial charge < -0.3 is 10.6 Å². The Labute approximate surface area is 123 Å². The number of benzene rings is 2. The topological polar surface area (TPSA) is 29.3 Å². The number of rotatable bonds is 4. The number of hydrogen-bond donors (Lipinski definition) is 1. The molecule has 2 rings (SSSR count). The van der Waals surface area contributed by atoms with Crippen molar-refractivity contribution < 1.29 is 0 Å². The monoisotopic (exact) mass is 318 g/mol. The maximum absolute atomic E-state index is 5.71. The average Bonchev–Trinajstić information content (AvgIpc) is 2.39. The summed E-state index contributed by atoms with van der Waals surface area (Å²) < 4.78 is 1.10. The molecule has 0 fully saturated rings. The van der Waals surface area contributed by atoms with Crippen LogP contribution in [0.2, 0.25) is 0 Å². The third-order valence-electron chi connectivity index (χ3n) is 3.29. The molecule has 2 nitrogen and oxygen atoms in total. The lowest BCUT2D eigenvalue weighted by atomic mass is 10.1. The van der Waals surface area contributed by atoms with Crippen molar-refractivity contribution in [2.75, 3.05) is 18.5 Å². The van der Waals surface area contributed by atoms with Crippen LogP contribution in [0.1, 0.15) is 11.1 Å². The molecule has 0 amide bonds. The number of nitrogens with two attached hydrogens (primary N) is 1. The molecule has 0 atom stereocenters. The van der Waals surface area contributed by atoms with E-state index >= 15 is 0 Å². The van der Waals surface area contributed by atoms with Gasteiger partial charge in [0.05, 0.1) is 0 Å². The smallest absolute Gasteiger partial charge is 0.0441 e. The number of halogens is 1. The van der Waals surface area contributed by atoms with Crippen LogP contribution in [0, 0.1) is 6.92 Å². The van der Waals surface area contributed by atoms with Gasteiger partial charge in [0.25, 0.3) is 0 Å².